The van der Waals surface area contributed by atoms with Crippen molar-refractivity contribution in [3.05, 3.63) is 35.7 Å². The van der Waals surface area contributed by atoms with E-state index in [9.17, 15) is 0 Å². The van der Waals surface area contributed by atoms with Crippen LogP contribution < -0.4 is 0 Å². The summed E-state index contributed by atoms with van der Waals surface area (Å²) < 4.78 is 7.58. The molecule has 6 heteroatoms. The van der Waals surface area contributed by atoms with E-state index < -0.39 is 0 Å². The maximum atomic E-state index is 6.28. The van der Waals surface area contributed by atoms with Crippen molar-refractivity contribution in [1.82, 2.24) is 19.4 Å². The number of benzene rings is 1. The van der Waals surface area contributed by atoms with Crippen molar-refractivity contribution in [2.45, 2.75) is 6.54 Å². The zero-order valence-electron chi connectivity index (χ0n) is 12.2. The number of nitrogens with zero attached hydrogens (tertiary/aromatic N) is 4. The van der Waals surface area contributed by atoms with Crippen molar-refractivity contribution in [3.63, 3.8) is 0 Å². The SMILES string of the molecule is Clc1nc2ccccc2c2c1ncn2CCN1CCOCC1. The second-order valence-corrected chi connectivity index (χ2v) is 5.87. The van der Waals surface area contributed by atoms with E-state index in [1.165, 1.54) is 0 Å². The maximum Gasteiger partial charge on any atom is 0.157 e. The zero-order valence-corrected chi connectivity index (χ0v) is 13.0. The highest BCUT2D eigenvalue weighted by Gasteiger charge is 2.14. The quantitative estimate of drug-likeness (QED) is 0.697. The molecule has 5 nitrogen and oxygen atoms in total. The van der Waals surface area contributed by atoms with Gasteiger partial charge >= 0.3 is 0 Å². The van der Waals surface area contributed by atoms with Crippen LogP contribution in [0.2, 0.25) is 5.15 Å². The van der Waals surface area contributed by atoms with E-state index in [4.69, 9.17) is 16.3 Å². The molecule has 0 N–H and O–H groups in total. The van der Waals surface area contributed by atoms with Gasteiger partial charge in [0.15, 0.2) is 5.15 Å². The van der Waals surface area contributed by atoms with Crippen LogP contribution in [-0.4, -0.2) is 52.3 Å². The molecule has 3 heterocycles. The predicted octanol–water partition coefficient (Wildman–Crippen LogP) is 2.57. The summed E-state index contributed by atoms with van der Waals surface area (Å²) in [6.45, 7) is 5.52. The minimum atomic E-state index is 0.471. The average Bonchev–Trinajstić information content (AvgIpc) is 2.99. The lowest BCUT2D eigenvalue weighted by atomic mass is 10.2. The highest BCUT2D eigenvalue weighted by Crippen LogP contribution is 2.28. The molecule has 0 atom stereocenters. The van der Waals surface area contributed by atoms with Gasteiger partial charge in [-0.05, 0) is 6.07 Å². The van der Waals surface area contributed by atoms with E-state index >= 15 is 0 Å². The summed E-state index contributed by atoms with van der Waals surface area (Å²) in [6, 6.07) is 8.07. The van der Waals surface area contributed by atoms with Crippen molar-refractivity contribution < 1.29 is 4.74 Å². The smallest absolute Gasteiger partial charge is 0.157 e. The fourth-order valence-corrected chi connectivity index (χ4v) is 3.22. The molecule has 3 aromatic rings. The van der Waals surface area contributed by atoms with Gasteiger partial charge in [0.1, 0.15) is 5.52 Å². The largest absolute Gasteiger partial charge is 0.379 e. The summed E-state index contributed by atoms with van der Waals surface area (Å²) in [5.74, 6) is 0. The number of hydrogen-bond donors (Lipinski definition) is 0. The number of fused-ring (bicyclic) bond motifs is 3. The van der Waals surface area contributed by atoms with Gasteiger partial charge in [-0.1, -0.05) is 29.8 Å². The Bertz CT molecular complexity index is 810. The number of rotatable bonds is 3. The Balaban J connectivity index is 1.71. The molecule has 0 bridgehead atoms. The van der Waals surface area contributed by atoms with Crippen LogP contribution in [0.5, 0.6) is 0 Å². The molecule has 0 saturated carbocycles. The number of aromatic nitrogens is 3. The van der Waals surface area contributed by atoms with Gasteiger partial charge in [-0.3, -0.25) is 4.90 Å². The molecule has 0 radical (unpaired) electrons. The average molecular weight is 317 g/mol. The van der Waals surface area contributed by atoms with Gasteiger partial charge in [-0.25, -0.2) is 9.97 Å². The third kappa shape index (κ3) is 2.45. The summed E-state index contributed by atoms with van der Waals surface area (Å²) in [5, 5.41) is 1.57. The molecule has 1 fully saturated rings. The molecule has 2 aromatic heterocycles. The first-order valence-corrected chi connectivity index (χ1v) is 7.90. The fraction of sp³-hybridized carbons (Fsp3) is 0.375. The summed E-state index contributed by atoms with van der Waals surface area (Å²) in [4.78, 5) is 11.3. The molecule has 0 aliphatic carbocycles. The zero-order chi connectivity index (χ0) is 14.9. The van der Waals surface area contributed by atoms with Crippen molar-refractivity contribution >= 4 is 33.5 Å². The third-order valence-electron chi connectivity index (χ3n) is 4.17. The lowest BCUT2D eigenvalue weighted by molar-refractivity contribution is 0.0365. The molecule has 0 spiro atoms. The Morgan fingerprint density at radius 2 is 1.95 bits per heavy atom. The number of morpholine rings is 1. The molecule has 0 amide bonds. The number of halogens is 1. The van der Waals surface area contributed by atoms with Crippen molar-refractivity contribution in [1.29, 1.82) is 0 Å². The van der Waals surface area contributed by atoms with Gasteiger partial charge in [0.25, 0.3) is 0 Å². The summed E-state index contributed by atoms with van der Waals surface area (Å²) in [6.07, 6.45) is 1.87. The minimum absolute atomic E-state index is 0.471. The molecule has 0 unspecified atom stereocenters. The van der Waals surface area contributed by atoms with Crippen LogP contribution in [0.1, 0.15) is 0 Å². The van der Waals surface area contributed by atoms with E-state index in [1.807, 2.05) is 24.5 Å². The van der Waals surface area contributed by atoms with Gasteiger partial charge in [0.2, 0.25) is 0 Å². The molecule has 1 aliphatic heterocycles. The van der Waals surface area contributed by atoms with Crippen molar-refractivity contribution in [3.8, 4) is 0 Å². The number of imidazole rings is 1. The second kappa shape index (κ2) is 5.83. The molecule has 4 rings (SSSR count). The number of para-hydroxylation sites is 1. The lowest BCUT2D eigenvalue weighted by Crippen LogP contribution is -2.38. The van der Waals surface area contributed by atoms with Crippen LogP contribution in [0.3, 0.4) is 0 Å². The number of hydrogen-bond acceptors (Lipinski definition) is 4. The lowest BCUT2D eigenvalue weighted by Gasteiger charge is -2.26. The Morgan fingerprint density at radius 1 is 1.14 bits per heavy atom. The van der Waals surface area contributed by atoms with E-state index in [1.54, 1.807) is 0 Å². The van der Waals surface area contributed by atoms with Crippen LogP contribution >= 0.6 is 11.6 Å². The molecule has 1 aromatic carbocycles. The normalized spacial score (nSPS) is 16.6. The molecule has 114 valence electrons. The first-order chi connectivity index (χ1) is 10.8. The Hall–Kier alpha value is -1.69. The van der Waals surface area contributed by atoms with Crippen LogP contribution in [0.15, 0.2) is 30.6 Å². The van der Waals surface area contributed by atoms with Gasteiger partial charge in [-0.2, -0.15) is 0 Å². The molecule has 1 aliphatic rings. The monoisotopic (exact) mass is 316 g/mol. The third-order valence-corrected chi connectivity index (χ3v) is 4.44. The van der Waals surface area contributed by atoms with Crippen molar-refractivity contribution in [2.24, 2.45) is 0 Å². The molecular formula is C16H17ClN4O. The van der Waals surface area contributed by atoms with Crippen LogP contribution in [0, 0.1) is 0 Å². The fourth-order valence-electron chi connectivity index (χ4n) is 2.99. The van der Waals surface area contributed by atoms with Crippen LogP contribution in [0.25, 0.3) is 21.9 Å². The summed E-state index contributed by atoms with van der Waals surface area (Å²) in [5.41, 5.74) is 2.76. The van der Waals surface area contributed by atoms with E-state index in [2.05, 4.69) is 25.5 Å². The highest BCUT2D eigenvalue weighted by molar-refractivity contribution is 6.35. The van der Waals surface area contributed by atoms with Gasteiger partial charge in [-0.15, -0.1) is 0 Å². The minimum Gasteiger partial charge on any atom is -0.379 e. The first-order valence-electron chi connectivity index (χ1n) is 7.52. The second-order valence-electron chi connectivity index (χ2n) is 5.51. The van der Waals surface area contributed by atoms with Gasteiger partial charge < -0.3 is 9.30 Å². The highest BCUT2D eigenvalue weighted by atomic mass is 35.5. The molecule has 22 heavy (non-hydrogen) atoms. The van der Waals surface area contributed by atoms with Gasteiger partial charge in [0.05, 0.1) is 30.6 Å². The topological polar surface area (TPSA) is 43.2 Å². The predicted molar refractivity (Wildman–Crippen MR) is 87.3 cm³/mol. The van der Waals surface area contributed by atoms with E-state index in [0.29, 0.717) is 5.15 Å². The van der Waals surface area contributed by atoms with E-state index in [-0.39, 0.29) is 0 Å². The maximum absolute atomic E-state index is 6.28. The molecule has 1 saturated heterocycles. The van der Waals surface area contributed by atoms with Crippen LogP contribution in [0.4, 0.5) is 0 Å². The Morgan fingerprint density at radius 3 is 2.82 bits per heavy atom. The Labute approximate surface area is 133 Å². The number of ether oxygens (including phenoxy) is 1. The summed E-state index contributed by atoms with van der Waals surface area (Å²) >= 11 is 6.28. The van der Waals surface area contributed by atoms with Crippen LogP contribution in [-0.2, 0) is 11.3 Å². The van der Waals surface area contributed by atoms with E-state index in [0.717, 1.165) is 61.3 Å². The van der Waals surface area contributed by atoms with Crippen molar-refractivity contribution in [2.75, 3.05) is 32.8 Å². The van der Waals surface area contributed by atoms with Gasteiger partial charge in [0, 0.05) is 31.6 Å². The standard InChI is InChI=1S/C16H17ClN4O/c17-16-14-15(12-3-1-2-4-13(12)19-16)21(11-18-14)6-5-20-7-9-22-10-8-20/h1-4,11H,5-10H2. The molecular weight excluding hydrogens is 300 g/mol. The first kappa shape index (κ1) is 13.9. The summed E-state index contributed by atoms with van der Waals surface area (Å²) in [7, 11) is 0. The Kier molecular flexibility index (Phi) is 3.70. The number of pyridine rings is 1.